The molecule has 0 saturated heterocycles. The van der Waals surface area contributed by atoms with Crippen molar-refractivity contribution in [2.45, 2.75) is 32.6 Å². The van der Waals surface area contributed by atoms with Crippen LogP contribution < -0.4 is 5.32 Å². The molecule has 1 aliphatic rings. The molecule has 18 heavy (non-hydrogen) atoms. The van der Waals surface area contributed by atoms with Crippen molar-refractivity contribution in [2.75, 3.05) is 19.0 Å². The lowest BCUT2D eigenvalue weighted by Crippen LogP contribution is -2.08. The first-order valence-corrected chi connectivity index (χ1v) is 6.50. The van der Waals surface area contributed by atoms with Gasteiger partial charge in [-0.2, -0.15) is 0 Å². The van der Waals surface area contributed by atoms with Crippen LogP contribution in [0.15, 0.2) is 12.1 Å². The molecule has 0 atom stereocenters. The van der Waals surface area contributed by atoms with Gasteiger partial charge in [0.2, 0.25) is 0 Å². The summed E-state index contributed by atoms with van der Waals surface area (Å²) in [6.45, 7) is 2.77. The minimum atomic E-state index is -0.333. The van der Waals surface area contributed by atoms with E-state index in [0.717, 1.165) is 18.3 Å². The number of anilines is 1. The van der Waals surface area contributed by atoms with Crippen LogP contribution in [0.25, 0.3) is 0 Å². The maximum atomic E-state index is 11.4. The zero-order chi connectivity index (χ0) is 13.0. The van der Waals surface area contributed by atoms with Gasteiger partial charge in [-0.1, -0.05) is 12.8 Å². The van der Waals surface area contributed by atoms with Crippen LogP contribution in [0.5, 0.6) is 0 Å². The lowest BCUT2D eigenvalue weighted by atomic mass is 10.2. The van der Waals surface area contributed by atoms with Crippen LogP contribution in [0.4, 0.5) is 5.82 Å². The van der Waals surface area contributed by atoms with Crippen LogP contribution in [0, 0.1) is 12.8 Å². The molecule has 0 aromatic carbocycles. The number of aromatic nitrogens is 1. The fraction of sp³-hybridized carbons (Fsp3) is 0.571. The van der Waals surface area contributed by atoms with Gasteiger partial charge in [0.1, 0.15) is 5.82 Å². The Hall–Kier alpha value is -1.58. The van der Waals surface area contributed by atoms with Crippen LogP contribution in [0.1, 0.15) is 41.7 Å². The van der Waals surface area contributed by atoms with E-state index in [1.807, 2.05) is 13.0 Å². The summed E-state index contributed by atoms with van der Waals surface area (Å²) in [5, 5.41) is 3.29. The summed E-state index contributed by atoms with van der Waals surface area (Å²) in [5.41, 5.74) is 1.23. The van der Waals surface area contributed by atoms with Gasteiger partial charge in [0.05, 0.1) is 18.4 Å². The Morgan fingerprint density at radius 3 is 2.89 bits per heavy atom. The maximum Gasteiger partial charge on any atom is 0.339 e. The van der Waals surface area contributed by atoms with Gasteiger partial charge >= 0.3 is 5.97 Å². The van der Waals surface area contributed by atoms with E-state index in [4.69, 9.17) is 0 Å². The predicted molar refractivity (Wildman–Crippen MR) is 70.8 cm³/mol. The molecule has 0 amide bonds. The van der Waals surface area contributed by atoms with Crippen molar-refractivity contribution in [3.63, 3.8) is 0 Å². The van der Waals surface area contributed by atoms with Gasteiger partial charge in [-0.05, 0) is 37.8 Å². The van der Waals surface area contributed by atoms with Crippen molar-refractivity contribution in [3.8, 4) is 0 Å². The average Bonchev–Trinajstić information content (AvgIpc) is 3.18. The molecule has 0 bridgehead atoms. The van der Waals surface area contributed by atoms with E-state index in [1.165, 1.54) is 32.8 Å². The van der Waals surface area contributed by atoms with Gasteiger partial charge in [0.15, 0.2) is 0 Å². The highest BCUT2D eigenvalue weighted by Gasteiger charge is 2.19. The standard InChI is InChI=1S/C14H20N2O2/c1-10-12(14(17)18-2)7-8-13(16-10)15-9-3-4-11-5-6-11/h7-8,11H,3-6,9H2,1-2H3,(H,15,16). The zero-order valence-corrected chi connectivity index (χ0v) is 11.0. The van der Waals surface area contributed by atoms with Gasteiger partial charge in [-0.25, -0.2) is 9.78 Å². The second-order valence-electron chi connectivity index (χ2n) is 4.83. The van der Waals surface area contributed by atoms with E-state index in [1.54, 1.807) is 6.07 Å². The molecule has 2 rings (SSSR count). The Kier molecular flexibility index (Phi) is 4.18. The third-order valence-electron chi connectivity index (χ3n) is 3.28. The van der Waals surface area contributed by atoms with Crippen molar-refractivity contribution in [3.05, 3.63) is 23.4 Å². The summed E-state index contributed by atoms with van der Waals surface area (Å²) in [6, 6.07) is 3.59. The fourth-order valence-electron chi connectivity index (χ4n) is 2.00. The molecule has 1 aromatic heterocycles. The second kappa shape index (κ2) is 5.85. The molecule has 1 saturated carbocycles. The molecule has 4 heteroatoms. The fourth-order valence-corrected chi connectivity index (χ4v) is 2.00. The van der Waals surface area contributed by atoms with Crippen molar-refractivity contribution in [1.29, 1.82) is 0 Å². The van der Waals surface area contributed by atoms with Crippen LogP contribution in [-0.4, -0.2) is 24.6 Å². The second-order valence-corrected chi connectivity index (χ2v) is 4.83. The minimum Gasteiger partial charge on any atom is -0.465 e. The molecule has 0 aliphatic heterocycles. The Morgan fingerprint density at radius 2 is 2.28 bits per heavy atom. The van der Waals surface area contributed by atoms with Crippen LogP contribution in [0.3, 0.4) is 0 Å². The monoisotopic (exact) mass is 248 g/mol. The number of rotatable bonds is 6. The first kappa shape index (κ1) is 12.9. The van der Waals surface area contributed by atoms with E-state index in [9.17, 15) is 4.79 Å². The molecule has 1 aliphatic carbocycles. The highest BCUT2D eigenvalue weighted by Crippen LogP contribution is 2.33. The molecule has 4 nitrogen and oxygen atoms in total. The number of hydrogen-bond donors (Lipinski definition) is 1. The maximum absolute atomic E-state index is 11.4. The number of nitrogens with zero attached hydrogens (tertiary/aromatic N) is 1. The summed E-state index contributed by atoms with van der Waals surface area (Å²) < 4.78 is 4.69. The average molecular weight is 248 g/mol. The molecular formula is C14H20N2O2. The van der Waals surface area contributed by atoms with Gasteiger partial charge in [-0.3, -0.25) is 0 Å². The predicted octanol–water partition coefficient (Wildman–Crippen LogP) is 2.78. The molecule has 98 valence electrons. The summed E-state index contributed by atoms with van der Waals surface area (Å²) in [5.74, 6) is 1.47. The van der Waals surface area contributed by atoms with Crippen LogP contribution >= 0.6 is 0 Å². The summed E-state index contributed by atoms with van der Waals surface area (Å²) in [4.78, 5) is 15.8. The number of carbonyl (C=O) groups is 1. The Bertz CT molecular complexity index is 428. The number of aryl methyl sites for hydroxylation is 1. The number of methoxy groups -OCH3 is 1. The quantitative estimate of drug-likeness (QED) is 0.621. The Balaban J connectivity index is 1.85. The number of carbonyl (C=O) groups excluding carboxylic acids is 1. The number of ether oxygens (including phenoxy) is 1. The Labute approximate surface area is 108 Å². The van der Waals surface area contributed by atoms with E-state index < -0.39 is 0 Å². The first-order chi connectivity index (χ1) is 8.70. The molecule has 1 aromatic rings. The van der Waals surface area contributed by atoms with Gasteiger partial charge in [0, 0.05) is 6.54 Å². The molecule has 0 radical (unpaired) electrons. The third-order valence-corrected chi connectivity index (χ3v) is 3.28. The number of esters is 1. The van der Waals surface area contributed by atoms with Crippen molar-refractivity contribution in [1.82, 2.24) is 4.98 Å². The minimum absolute atomic E-state index is 0.333. The van der Waals surface area contributed by atoms with Gasteiger partial charge < -0.3 is 10.1 Å². The van der Waals surface area contributed by atoms with E-state index in [-0.39, 0.29) is 5.97 Å². The summed E-state index contributed by atoms with van der Waals surface area (Å²) in [6.07, 6.45) is 5.31. The van der Waals surface area contributed by atoms with E-state index in [2.05, 4.69) is 15.0 Å². The number of pyridine rings is 1. The lowest BCUT2D eigenvalue weighted by Gasteiger charge is -2.08. The SMILES string of the molecule is COC(=O)c1ccc(NCCCC2CC2)nc1C. The molecule has 1 fully saturated rings. The Morgan fingerprint density at radius 1 is 1.50 bits per heavy atom. The van der Waals surface area contributed by atoms with Gasteiger partial charge in [0.25, 0.3) is 0 Å². The molecular weight excluding hydrogens is 228 g/mol. The van der Waals surface area contributed by atoms with Crippen molar-refractivity contribution < 1.29 is 9.53 Å². The summed E-state index contributed by atoms with van der Waals surface area (Å²) in [7, 11) is 1.38. The molecule has 1 heterocycles. The summed E-state index contributed by atoms with van der Waals surface area (Å²) >= 11 is 0. The van der Waals surface area contributed by atoms with E-state index in [0.29, 0.717) is 11.3 Å². The largest absolute Gasteiger partial charge is 0.465 e. The van der Waals surface area contributed by atoms with Crippen molar-refractivity contribution >= 4 is 11.8 Å². The topological polar surface area (TPSA) is 51.2 Å². The molecule has 1 N–H and O–H groups in total. The third kappa shape index (κ3) is 3.45. The van der Waals surface area contributed by atoms with Gasteiger partial charge in [-0.15, -0.1) is 0 Å². The van der Waals surface area contributed by atoms with Crippen LogP contribution in [-0.2, 0) is 4.74 Å². The zero-order valence-electron chi connectivity index (χ0n) is 11.0. The lowest BCUT2D eigenvalue weighted by molar-refractivity contribution is 0.0599. The van der Waals surface area contributed by atoms with E-state index >= 15 is 0 Å². The highest BCUT2D eigenvalue weighted by molar-refractivity contribution is 5.90. The number of nitrogens with one attached hydrogen (secondary N) is 1. The smallest absolute Gasteiger partial charge is 0.339 e. The van der Waals surface area contributed by atoms with Crippen molar-refractivity contribution in [2.24, 2.45) is 5.92 Å². The number of hydrogen-bond acceptors (Lipinski definition) is 4. The first-order valence-electron chi connectivity index (χ1n) is 6.50. The normalized spacial score (nSPS) is 14.3. The molecule has 0 spiro atoms. The molecule has 0 unspecified atom stereocenters. The highest BCUT2D eigenvalue weighted by atomic mass is 16.5. The van der Waals surface area contributed by atoms with Crippen LogP contribution in [0.2, 0.25) is 0 Å².